The minimum absolute atomic E-state index is 0.380. The van der Waals surface area contributed by atoms with Gasteiger partial charge in [-0.3, -0.25) is 0 Å². The van der Waals surface area contributed by atoms with Gasteiger partial charge in [0.25, 0.3) is 0 Å². The summed E-state index contributed by atoms with van der Waals surface area (Å²) in [4.78, 5) is 11.5. The van der Waals surface area contributed by atoms with E-state index in [2.05, 4.69) is 36.6 Å². The molecule has 0 fully saturated rings. The second kappa shape index (κ2) is 6.28. The third-order valence-corrected chi connectivity index (χ3v) is 3.66. The number of benzene rings is 2. The summed E-state index contributed by atoms with van der Waals surface area (Å²) in [6.07, 6.45) is 0. The highest BCUT2D eigenvalue weighted by Crippen LogP contribution is 2.34. The molecule has 2 N–H and O–H groups in total. The van der Waals surface area contributed by atoms with Crippen LogP contribution in [0.4, 0.5) is 5.69 Å². The summed E-state index contributed by atoms with van der Waals surface area (Å²) in [7, 11) is 1.32. The first kappa shape index (κ1) is 14.9. The van der Waals surface area contributed by atoms with Crippen LogP contribution in [0.5, 0.6) is 11.5 Å². The van der Waals surface area contributed by atoms with E-state index in [1.807, 2.05) is 12.1 Å². The second-order valence-corrected chi connectivity index (χ2v) is 5.69. The number of esters is 1. The normalized spacial score (nSPS) is 10.2. The summed E-state index contributed by atoms with van der Waals surface area (Å²) >= 11 is 6.77. The first-order chi connectivity index (χ1) is 9.51. The van der Waals surface area contributed by atoms with Crippen molar-refractivity contribution in [3.63, 3.8) is 0 Å². The van der Waals surface area contributed by atoms with E-state index in [4.69, 9.17) is 10.5 Å². The molecular formula is C14H11Br2NO3. The molecule has 20 heavy (non-hydrogen) atoms. The zero-order valence-electron chi connectivity index (χ0n) is 10.5. The van der Waals surface area contributed by atoms with Crippen molar-refractivity contribution in [2.24, 2.45) is 0 Å². The Labute approximate surface area is 133 Å². The SMILES string of the molecule is COC(=O)c1ccc(N)c(Oc2ccc(Br)cc2Br)c1. The van der Waals surface area contributed by atoms with Gasteiger partial charge in [0.1, 0.15) is 5.75 Å². The number of halogens is 2. The maximum atomic E-state index is 11.5. The fraction of sp³-hybridized carbons (Fsp3) is 0.0714. The van der Waals surface area contributed by atoms with Gasteiger partial charge in [-0.15, -0.1) is 0 Å². The molecule has 6 heteroatoms. The highest BCUT2D eigenvalue weighted by atomic mass is 79.9. The molecule has 0 aliphatic heterocycles. The van der Waals surface area contributed by atoms with Crippen LogP contribution in [0.25, 0.3) is 0 Å². The molecule has 0 unspecified atom stereocenters. The molecule has 0 aromatic heterocycles. The number of rotatable bonds is 3. The van der Waals surface area contributed by atoms with E-state index in [0.29, 0.717) is 22.7 Å². The third kappa shape index (κ3) is 3.32. The number of anilines is 1. The van der Waals surface area contributed by atoms with Gasteiger partial charge in [0.2, 0.25) is 0 Å². The number of carbonyl (C=O) groups excluding carboxylic acids is 1. The minimum atomic E-state index is -0.440. The Bertz CT molecular complexity index is 659. The molecule has 0 aliphatic carbocycles. The Kier molecular flexibility index (Phi) is 4.67. The zero-order chi connectivity index (χ0) is 14.7. The van der Waals surface area contributed by atoms with Crippen LogP contribution in [0.1, 0.15) is 10.4 Å². The predicted molar refractivity (Wildman–Crippen MR) is 84.1 cm³/mol. The lowest BCUT2D eigenvalue weighted by atomic mass is 10.2. The summed E-state index contributed by atoms with van der Waals surface area (Å²) in [5.74, 6) is 0.558. The molecule has 0 radical (unpaired) electrons. The van der Waals surface area contributed by atoms with Gasteiger partial charge in [0.15, 0.2) is 5.75 Å². The molecule has 0 bridgehead atoms. The fourth-order valence-corrected chi connectivity index (χ4v) is 2.67. The lowest BCUT2D eigenvalue weighted by Crippen LogP contribution is -2.02. The summed E-state index contributed by atoms with van der Waals surface area (Å²) in [5.41, 5.74) is 6.67. The Morgan fingerprint density at radius 1 is 1.10 bits per heavy atom. The van der Waals surface area contributed by atoms with Crippen LogP contribution in [-0.4, -0.2) is 13.1 Å². The molecule has 0 aliphatic rings. The smallest absolute Gasteiger partial charge is 0.337 e. The van der Waals surface area contributed by atoms with E-state index in [1.165, 1.54) is 7.11 Å². The summed E-state index contributed by atoms with van der Waals surface area (Å²) in [6, 6.07) is 10.2. The van der Waals surface area contributed by atoms with Crippen LogP contribution in [0.15, 0.2) is 45.3 Å². The molecule has 0 heterocycles. The molecule has 0 saturated carbocycles. The van der Waals surface area contributed by atoms with Crippen LogP contribution in [0, 0.1) is 0 Å². The first-order valence-corrected chi connectivity index (χ1v) is 7.20. The van der Waals surface area contributed by atoms with E-state index >= 15 is 0 Å². The van der Waals surface area contributed by atoms with Gasteiger partial charge >= 0.3 is 5.97 Å². The van der Waals surface area contributed by atoms with Gasteiger partial charge in [0.05, 0.1) is 22.8 Å². The fourth-order valence-electron chi connectivity index (χ4n) is 1.54. The van der Waals surface area contributed by atoms with Gasteiger partial charge < -0.3 is 15.2 Å². The van der Waals surface area contributed by atoms with E-state index in [0.717, 1.165) is 8.95 Å². The Hall–Kier alpha value is -1.53. The van der Waals surface area contributed by atoms with E-state index < -0.39 is 5.97 Å². The monoisotopic (exact) mass is 399 g/mol. The average molecular weight is 401 g/mol. The summed E-state index contributed by atoms with van der Waals surface area (Å²) in [6.45, 7) is 0. The topological polar surface area (TPSA) is 61.5 Å². The molecule has 2 rings (SSSR count). The van der Waals surface area contributed by atoms with Crippen molar-refractivity contribution in [1.29, 1.82) is 0 Å². The highest BCUT2D eigenvalue weighted by molar-refractivity contribution is 9.11. The molecule has 2 aromatic rings. The molecule has 0 amide bonds. The van der Waals surface area contributed by atoms with Gasteiger partial charge in [0, 0.05) is 4.47 Å². The van der Waals surface area contributed by atoms with Crippen molar-refractivity contribution in [1.82, 2.24) is 0 Å². The average Bonchev–Trinajstić information content (AvgIpc) is 2.43. The number of nitrogens with two attached hydrogens (primary N) is 1. The summed E-state index contributed by atoms with van der Waals surface area (Å²) in [5, 5.41) is 0. The van der Waals surface area contributed by atoms with Crippen LogP contribution in [0.3, 0.4) is 0 Å². The number of methoxy groups -OCH3 is 1. The van der Waals surface area contributed by atoms with Crippen molar-refractivity contribution in [2.75, 3.05) is 12.8 Å². The Balaban J connectivity index is 2.35. The van der Waals surface area contributed by atoms with E-state index in [9.17, 15) is 4.79 Å². The van der Waals surface area contributed by atoms with Gasteiger partial charge in [-0.1, -0.05) is 15.9 Å². The molecule has 2 aromatic carbocycles. The number of nitrogen functional groups attached to an aromatic ring is 1. The molecule has 0 saturated heterocycles. The number of ether oxygens (including phenoxy) is 2. The van der Waals surface area contributed by atoms with Crippen LogP contribution in [0.2, 0.25) is 0 Å². The van der Waals surface area contributed by atoms with E-state index in [1.54, 1.807) is 24.3 Å². The van der Waals surface area contributed by atoms with Crippen LogP contribution < -0.4 is 10.5 Å². The van der Waals surface area contributed by atoms with Crippen molar-refractivity contribution in [3.8, 4) is 11.5 Å². The van der Waals surface area contributed by atoms with Gasteiger partial charge in [-0.2, -0.15) is 0 Å². The van der Waals surface area contributed by atoms with Crippen molar-refractivity contribution < 1.29 is 14.3 Å². The largest absolute Gasteiger partial charge is 0.465 e. The molecule has 4 nitrogen and oxygen atoms in total. The van der Waals surface area contributed by atoms with Crippen molar-refractivity contribution in [2.45, 2.75) is 0 Å². The van der Waals surface area contributed by atoms with Crippen molar-refractivity contribution >= 4 is 43.5 Å². The number of hydrogen-bond donors (Lipinski definition) is 1. The number of carbonyl (C=O) groups is 1. The third-order valence-electron chi connectivity index (χ3n) is 2.55. The minimum Gasteiger partial charge on any atom is -0.465 e. The van der Waals surface area contributed by atoms with Crippen LogP contribution in [-0.2, 0) is 4.74 Å². The molecule has 0 spiro atoms. The maximum absolute atomic E-state index is 11.5. The van der Waals surface area contributed by atoms with E-state index in [-0.39, 0.29) is 0 Å². The molecule has 104 valence electrons. The second-order valence-electron chi connectivity index (χ2n) is 3.92. The van der Waals surface area contributed by atoms with Gasteiger partial charge in [-0.05, 0) is 52.3 Å². The maximum Gasteiger partial charge on any atom is 0.337 e. The number of hydrogen-bond acceptors (Lipinski definition) is 4. The quantitative estimate of drug-likeness (QED) is 0.613. The van der Waals surface area contributed by atoms with Gasteiger partial charge in [-0.25, -0.2) is 4.79 Å². The Morgan fingerprint density at radius 3 is 2.50 bits per heavy atom. The lowest BCUT2D eigenvalue weighted by molar-refractivity contribution is 0.0600. The standard InChI is InChI=1S/C14H11Br2NO3/c1-19-14(18)8-2-4-11(17)13(6-8)20-12-5-3-9(15)7-10(12)16/h2-7H,17H2,1H3. The molecule has 0 atom stereocenters. The zero-order valence-corrected chi connectivity index (χ0v) is 13.7. The Morgan fingerprint density at radius 2 is 1.85 bits per heavy atom. The predicted octanol–water partition coefficient (Wildman–Crippen LogP) is 4.37. The van der Waals surface area contributed by atoms with Crippen LogP contribution >= 0.6 is 31.9 Å². The highest BCUT2D eigenvalue weighted by Gasteiger charge is 2.11. The lowest BCUT2D eigenvalue weighted by Gasteiger charge is -2.11. The summed E-state index contributed by atoms with van der Waals surface area (Å²) < 4.78 is 12.1. The first-order valence-electron chi connectivity index (χ1n) is 5.62. The molecular weight excluding hydrogens is 390 g/mol. The van der Waals surface area contributed by atoms with Crippen molar-refractivity contribution in [3.05, 3.63) is 50.9 Å².